The zero-order chi connectivity index (χ0) is 17.8. The van der Waals surface area contributed by atoms with Crippen molar-refractivity contribution < 1.29 is 9.53 Å². The quantitative estimate of drug-likeness (QED) is 0.732. The lowest BCUT2D eigenvalue weighted by Gasteiger charge is -2.12. The first-order valence-electron chi connectivity index (χ1n) is 8.64. The van der Waals surface area contributed by atoms with Crippen LogP contribution in [0, 0.1) is 6.92 Å². The first-order chi connectivity index (χ1) is 12.1. The number of pyridine rings is 1. The monoisotopic (exact) mass is 337 g/mol. The molecule has 5 nitrogen and oxygen atoms in total. The fraction of sp³-hybridized carbons (Fsp3) is 0.300. The van der Waals surface area contributed by atoms with E-state index in [0.717, 1.165) is 29.9 Å². The molecule has 2 heterocycles. The number of fused-ring (bicyclic) bond motifs is 1. The Morgan fingerprint density at radius 1 is 1.20 bits per heavy atom. The van der Waals surface area contributed by atoms with E-state index in [1.54, 1.807) is 6.07 Å². The third-order valence-corrected chi connectivity index (χ3v) is 4.15. The van der Waals surface area contributed by atoms with E-state index in [9.17, 15) is 4.79 Å². The van der Waals surface area contributed by atoms with E-state index >= 15 is 0 Å². The van der Waals surface area contributed by atoms with Crippen LogP contribution in [-0.2, 0) is 6.42 Å². The van der Waals surface area contributed by atoms with Crippen molar-refractivity contribution in [1.29, 1.82) is 0 Å². The summed E-state index contributed by atoms with van der Waals surface area (Å²) >= 11 is 0. The molecule has 0 aliphatic heterocycles. The van der Waals surface area contributed by atoms with Crippen LogP contribution in [0.25, 0.3) is 5.65 Å². The molecule has 1 amide bonds. The second-order valence-electron chi connectivity index (χ2n) is 5.94. The zero-order valence-electron chi connectivity index (χ0n) is 14.9. The molecular formula is C20H23N3O2. The maximum atomic E-state index is 12.7. The molecule has 0 bridgehead atoms. The summed E-state index contributed by atoms with van der Waals surface area (Å²) in [6, 6.07) is 11.2. The Labute approximate surface area is 147 Å². The highest BCUT2D eigenvalue weighted by Gasteiger charge is 2.13. The Kier molecular flexibility index (Phi) is 5.03. The number of nitrogens with zero attached hydrogens (tertiary/aromatic N) is 2. The van der Waals surface area contributed by atoms with Crippen LogP contribution < -0.4 is 10.1 Å². The minimum atomic E-state index is -0.166. The fourth-order valence-corrected chi connectivity index (χ4v) is 2.78. The Balaban J connectivity index is 1.86. The van der Waals surface area contributed by atoms with Gasteiger partial charge in [-0.1, -0.05) is 26.0 Å². The minimum Gasteiger partial charge on any atom is -0.491 e. The molecule has 0 spiro atoms. The van der Waals surface area contributed by atoms with Crippen molar-refractivity contribution in [2.75, 3.05) is 11.9 Å². The summed E-state index contributed by atoms with van der Waals surface area (Å²) in [7, 11) is 0. The number of benzene rings is 1. The number of ether oxygens (including phenoxy) is 1. The maximum absolute atomic E-state index is 12.7. The largest absolute Gasteiger partial charge is 0.491 e. The van der Waals surface area contributed by atoms with Crippen molar-refractivity contribution in [1.82, 2.24) is 9.38 Å². The van der Waals surface area contributed by atoms with Crippen molar-refractivity contribution in [3.05, 3.63) is 59.5 Å². The highest BCUT2D eigenvalue weighted by atomic mass is 16.5. The van der Waals surface area contributed by atoms with Crippen molar-refractivity contribution in [3.63, 3.8) is 0 Å². The average Bonchev–Trinajstić information content (AvgIpc) is 2.96. The van der Waals surface area contributed by atoms with Crippen LogP contribution >= 0.6 is 0 Å². The molecule has 3 rings (SSSR count). The van der Waals surface area contributed by atoms with E-state index in [1.165, 1.54) is 0 Å². The molecule has 0 unspecified atom stereocenters. The van der Waals surface area contributed by atoms with Gasteiger partial charge in [0.1, 0.15) is 11.4 Å². The fourth-order valence-electron chi connectivity index (χ4n) is 2.78. The number of hydrogen-bond acceptors (Lipinski definition) is 3. The summed E-state index contributed by atoms with van der Waals surface area (Å²) in [5, 5.41) is 2.94. The summed E-state index contributed by atoms with van der Waals surface area (Å²) < 4.78 is 7.67. The number of amides is 1. The van der Waals surface area contributed by atoms with Gasteiger partial charge in [-0.15, -0.1) is 0 Å². The molecule has 2 aromatic heterocycles. The molecule has 1 N–H and O–H groups in total. The van der Waals surface area contributed by atoms with Gasteiger partial charge < -0.3 is 14.5 Å². The van der Waals surface area contributed by atoms with Crippen LogP contribution in [0.5, 0.6) is 5.75 Å². The smallest absolute Gasteiger partial charge is 0.257 e. The Hall–Kier alpha value is -2.82. The number of aromatic nitrogens is 2. The predicted octanol–water partition coefficient (Wildman–Crippen LogP) is 4.25. The topological polar surface area (TPSA) is 55.6 Å². The van der Waals surface area contributed by atoms with Crippen molar-refractivity contribution >= 4 is 17.2 Å². The normalized spacial score (nSPS) is 10.8. The third kappa shape index (κ3) is 3.50. The summed E-state index contributed by atoms with van der Waals surface area (Å²) in [5.41, 5.74) is 4.24. The van der Waals surface area contributed by atoms with Gasteiger partial charge in [-0.25, -0.2) is 4.98 Å². The van der Waals surface area contributed by atoms with Crippen molar-refractivity contribution in [2.45, 2.75) is 33.6 Å². The van der Waals surface area contributed by atoms with Gasteiger partial charge in [0.15, 0.2) is 0 Å². The molecule has 3 aromatic rings. The van der Waals surface area contributed by atoms with Gasteiger partial charge in [0.2, 0.25) is 0 Å². The molecule has 130 valence electrons. The molecule has 0 fully saturated rings. The standard InChI is InChI=1S/C20H23N3O2/c1-4-12-25-18-9-7-6-8-17(18)22-20(24)15-10-11-19-21-16(5-2)14(3)23(19)13-15/h6-11,13H,4-5,12H2,1-3H3,(H,22,24). The highest BCUT2D eigenvalue weighted by molar-refractivity contribution is 6.05. The molecular weight excluding hydrogens is 314 g/mol. The molecule has 0 saturated carbocycles. The van der Waals surface area contributed by atoms with Gasteiger partial charge in [0.05, 0.1) is 23.6 Å². The molecule has 25 heavy (non-hydrogen) atoms. The van der Waals surface area contributed by atoms with E-state index in [1.807, 2.05) is 47.9 Å². The number of aryl methyl sites for hydroxylation is 2. The second kappa shape index (κ2) is 7.38. The number of nitrogens with one attached hydrogen (secondary N) is 1. The minimum absolute atomic E-state index is 0.166. The maximum Gasteiger partial charge on any atom is 0.257 e. The summed E-state index contributed by atoms with van der Waals surface area (Å²) in [6.45, 7) is 6.77. The van der Waals surface area contributed by atoms with Crippen LogP contribution in [0.1, 0.15) is 42.0 Å². The summed E-state index contributed by atoms with van der Waals surface area (Å²) in [5.74, 6) is 0.520. The number of carbonyl (C=O) groups excluding carboxylic acids is 1. The zero-order valence-corrected chi connectivity index (χ0v) is 14.9. The van der Waals surface area contributed by atoms with Crippen LogP contribution in [0.3, 0.4) is 0 Å². The summed E-state index contributed by atoms with van der Waals surface area (Å²) in [4.78, 5) is 17.2. The van der Waals surface area contributed by atoms with Gasteiger partial charge in [0.25, 0.3) is 5.91 Å². The van der Waals surface area contributed by atoms with Gasteiger partial charge in [-0.3, -0.25) is 4.79 Å². The van der Waals surface area contributed by atoms with E-state index < -0.39 is 0 Å². The van der Waals surface area contributed by atoms with Gasteiger partial charge in [0, 0.05) is 11.9 Å². The predicted molar refractivity (Wildman–Crippen MR) is 99.5 cm³/mol. The molecule has 1 aromatic carbocycles. The van der Waals surface area contributed by atoms with Gasteiger partial charge in [-0.05, 0) is 44.0 Å². The number of carbonyl (C=O) groups is 1. The van der Waals surface area contributed by atoms with Crippen LogP contribution in [0.2, 0.25) is 0 Å². The lowest BCUT2D eigenvalue weighted by atomic mass is 10.2. The van der Waals surface area contributed by atoms with E-state index in [0.29, 0.717) is 23.6 Å². The van der Waals surface area contributed by atoms with Crippen molar-refractivity contribution in [2.24, 2.45) is 0 Å². The van der Waals surface area contributed by atoms with E-state index in [2.05, 4.69) is 24.1 Å². The lowest BCUT2D eigenvalue weighted by molar-refractivity contribution is 0.102. The number of anilines is 1. The molecule has 5 heteroatoms. The van der Waals surface area contributed by atoms with Crippen LogP contribution in [-0.4, -0.2) is 21.9 Å². The molecule has 0 aliphatic rings. The molecule has 0 atom stereocenters. The Morgan fingerprint density at radius 2 is 2.00 bits per heavy atom. The molecule has 0 radical (unpaired) electrons. The number of hydrogen-bond donors (Lipinski definition) is 1. The summed E-state index contributed by atoms with van der Waals surface area (Å²) in [6.07, 6.45) is 3.62. The third-order valence-electron chi connectivity index (χ3n) is 4.15. The van der Waals surface area contributed by atoms with Crippen molar-refractivity contribution in [3.8, 4) is 5.75 Å². The van der Waals surface area contributed by atoms with Gasteiger partial charge in [-0.2, -0.15) is 0 Å². The molecule has 0 saturated heterocycles. The van der Waals surface area contributed by atoms with Crippen LogP contribution in [0.15, 0.2) is 42.6 Å². The number of rotatable bonds is 6. The number of para-hydroxylation sites is 2. The first kappa shape index (κ1) is 17.0. The van der Waals surface area contributed by atoms with E-state index in [4.69, 9.17) is 4.74 Å². The molecule has 0 aliphatic carbocycles. The average molecular weight is 337 g/mol. The highest BCUT2D eigenvalue weighted by Crippen LogP contribution is 2.24. The second-order valence-corrected chi connectivity index (χ2v) is 5.94. The number of imidazole rings is 1. The SMILES string of the molecule is CCCOc1ccccc1NC(=O)c1ccc2nc(CC)c(C)n2c1. The van der Waals surface area contributed by atoms with E-state index in [-0.39, 0.29) is 5.91 Å². The first-order valence-corrected chi connectivity index (χ1v) is 8.64. The lowest BCUT2D eigenvalue weighted by Crippen LogP contribution is -2.14. The Bertz CT molecular complexity index is 899. The van der Waals surface area contributed by atoms with Gasteiger partial charge >= 0.3 is 0 Å². The Morgan fingerprint density at radius 3 is 2.76 bits per heavy atom. The van der Waals surface area contributed by atoms with Crippen LogP contribution in [0.4, 0.5) is 5.69 Å².